The Morgan fingerprint density at radius 2 is 2.50 bits per heavy atom. The molecule has 1 rings (SSSR count). The number of epoxide rings is 1. The Kier molecular flexibility index (Phi) is 0.922. The molecule has 36 valence electrons. The smallest absolute Gasteiger partial charge is 0.0984 e. The van der Waals surface area contributed by atoms with Crippen molar-refractivity contribution in [3.8, 4) is 0 Å². The van der Waals surface area contributed by atoms with E-state index in [2.05, 4.69) is 22.9 Å². The van der Waals surface area contributed by atoms with Crippen LogP contribution in [-0.4, -0.2) is 17.5 Å². The average Bonchev–Trinajstić information content (AvgIpc) is 2.22. The second-order valence-electron chi connectivity index (χ2n) is 1.87. The van der Waals surface area contributed by atoms with Gasteiger partial charge in [-0.15, -0.1) is 0 Å². The van der Waals surface area contributed by atoms with Crippen LogP contribution in [0.1, 0.15) is 6.92 Å². The predicted molar refractivity (Wildman–Crippen MR) is 28.2 cm³/mol. The molecule has 0 aromatic rings. The van der Waals surface area contributed by atoms with Crippen molar-refractivity contribution in [2.24, 2.45) is 0 Å². The van der Waals surface area contributed by atoms with E-state index in [1.54, 1.807) is 0 Å². The van der Waals surface area contributed by atoms with Crippen LogP contribution in [0.3, 0.4) is 0 Å². The van der Waals surface area contributed by atoms with Crippen molar-refractivity contribution < 1.29 is 4.74 Å². The summed E-state index contributed by atoms with van der Waals surface area (Å²) in [5.74, 6) is 0. The van der Waals surface area contributed by atoms with Crippen LogP contribution in [0.2, 0.25) is 0 Å². The second-order valence-corrected chi connectivity index (χ2v) is 2.43. The first-order valence-corrected chi connectivity index (χ1v) is 3.09. The van der Waals surface area contributed by atoms with Gasteiger partial charge in [-0.05, 0) is 6.92 Å². The molecule has 0 amide bonds. The van der Waals surface area contributed by atoms with E-state index >= 15 is 0 Å². The Bertz CT molecular complexity index is 58.6. The van der Waals surface area contributed by atoms with Gasteiger partial charge in [0.05, 0.1) is 12.2 Å². The number of ether oxygens (including phenoxy) is 1. The van der Waals surface area contributed by atoms with E-state index in [1.807, 2.05) is 0 Å². The van der Waals surface area contributed by atoms with E-state index < -0.39 is 0 Å². The molecule has 1 nitrogen and oxygen atoms in total. The zero-order valence-electron chi connectivity index (χ0n) is 3.70. The molecule has 1 aliphatic heterocycles. The normalized spacial score (nSPS) is 43.0. The molecule has 0 aromatic heterocycles. The summed E-state index contributed by atoms with van der Waals surface area (Å²) in [6.07, 6.45) is 0. The van der Waals surface area contributed by atoms with Gasteiger partial charge in [0.15, 0.2) is 0 Å². The van der Waals surface area contributed by atoms with Crippen LogP contribution in [0.25, 0.3) is 0 Å². The molecule has 1 fully saturated rings. The van der Waals surface area contributed by atoms with E-state index in [0.717, 1.165) is 11.9 Å². The summed E-state index contributed by atoms with van der Waals surface area (Å²) < 4.78 is 5.00. The summed E-state index contributed by atoms with van der Waals surface area (Å²) in [6.45, 7) is 3.01. The second kappa shape index (κ2) is 1.20. The Morgan fingerprint density at radius 1 is 2.00 bits per heavy atom. The van der Waals surface area contributed by atoms with Crippen LogP contribution < -0.4 is 0 Å². The Hall–Kier alpha value is 0.440. The summed E-state index contributed by atoms with van der Waals surface area (Å²) in [7, 11) is 0. The molecule has 0 saturated carbocycles. The highest BCUT2D eigenvalue weighted by atomic mass is 79.9. The van der Waals surface area contributed by atoms with Crippen LogP contribution in [0.5, 0.6) is 0 Å². The molecule has 6 heavy (non-hydrogen) atoms. The predicted octanol–water partition coefficient (Wildman–Crippen LogP) is 1.17. The summed E-state index contributed by atoms with van der Waals surface area (Å²) in [5, 5.41) is 0.972. The molecular weight excluding hydrogens is 144 g/mol. The number of halogens is 1. The number of hydrogen-bond acceptors (Lipinski definition) is 1. The summed E-state index contributed by atoms with van der Waals surface area (Å²) in [6, 6.07) is 0. The fourth-order valence-electron chi connectivity index (χ4n) is 0.200. The minimum absolute atomic E-state index is 0.208. The molecule has 1 unspecified atom stereocenters. The fraction of sp³-hybridized carbons (Fsp3) is 1.00. The molecule has 1 atom stereocenters. The van der Waals surface area contributed by atoms with Gasteiger partial charge in [-0.25, -0.2) is 0 Å². The van der Waals surface area contributed by atoms with Crippen molar-refractivity contribution >= 4 is 15.9 Å². The van der Waals surface area contributed by atoms with E-state index in [1.165, 1.54) is 0 Å². The van der Waals surface area contributed by atoms with Crippen LogP contribution in [0.4, 0.5) is 0 Å². The highest BCUT2D eigenvalue weighted by Gasteiger charge is 2.37. The van der Waals surface area contributed by atoms with Crippen LogP contribution in [0, 0.1) is 0 Å². The molecular formula is C4H7BrO. The first-order valence-electron chi connectivity index (χ1n) is 1.97. The van der Waals surface area contributed by atoms with Crippen molar-refractivity contribution in [2.75, 3.05) is 11.9 Å². The van der Waals surface area contributed by atoms with Gasteiger partial charge in [-0.1, -0.05) is 15.9 Å². The molecule has 0 aromatic carbocycles. The number of alkyl halides is 1. The minimum atomic E-state index is 0.208. The van der Waals surface area contributed by atoms with Crippen molar-refractivity contribution in [2.45, 2.75) is 12.5 Å². The molecule has 0 N–H and O–H groups in total. The molecule has 2 heteroatoms. The Morgan fingerprint density at radius 3 is 2.50 bits per heavy atom. The lowest BCUT2D eigenvalue weighted by atomic mass is 10.3. The lowest BCUT2D eigenvalue weighted by molar-refractivity contribution is 0.349. The van der Waals surface area contributed by atoms with E-state index in [-0.39, 0.29) is 5.60 Å². The molecule has 1 saturated heterocycles. The van der Waals surface area contributed by atoms with Gasteiger partial charge in [0.2, 0.25) is 0 Å². The SMILES string of the molecule is CC1(CBr)CO1. The van der Waals surface area contributed by atoms with E-state index in [0.29, 0.717) is 0 Å². The fourth-order valence-corrected chi connectivity index (χ4v) is 0.524. The summed E-state index contributed by atoms with van der Waals surface area (Å²) in [4.78, 5) is 0. The third kappa shape index (κ3) is 0.738. The molecule has 0 radical (unpaired) electrons. The van der Waals surface area contributed by atoms with Crippen molar-refractivity contribution in [3.63, 3.8) is 0 Å². The third-order valence-corrected chi connectivity index (χ3v) is 2.11. The van der Waals surface area contributed by atoms with Gasteiger partial charge < -0.3 is 4.74 Å². The summed E-state index contributed by atoms with van der Waals surface area (Å²) in [5.41, 5.74) is 0.208. The highest BCUT2D eigenvalue weighted by molar-refractivity contribution is 9.09. The molecule has 1 heterocycles. The van der Waals surface area contributed by atoms with Crippen molar-refractivity contribution in [3.05, 3.63) is 0 Å². The zero-order chi connectivity index (χ0) is 4.62. The van der Waals surface area contributed by atoms with Gasteiger partial charge in [0, 0.05) is 5.33 Å². The van der Waals surface area contributed by atoms with Gasteiger partial charge in [0.25, 0.3) is 0 Å². The highest BCUT2D eigenvalue weighted by Crippen LogP contribution is 2.27. The molecule has 1 aliphatic rings. The van der Waals surface area contributed by atoms with Gasteiger partial charge in [0.1, 0.15) is 0 Å². The molecule has 0 spiro atoms. The summed E-state index contributed by atoms with van der Waals surface area (Å²) >= 11 is 3.31. The zero-order valence-corrected chi connectivity index (χ0v) is 5.29. The molecule has 0 aliphatic carbocycles. The van der Waals surface area contributed by atoms with E-state index in [9.17, 15) is 0 Å². The maximum Gasteiger partial charge on any atom is 0.0984 e. The first-order chi connectivity index (χ1) is 2.77. The number of hydrogen-bond donors (Lipinski definition) is 0. The minimum Gasteiger partial charge on any atom is -0.369 e. The number of rotatable bonds is 1. The quantitative estimate of drug-likeness (QED) is 0.404. The van der Waals surface area contributed by atoms with Gasteiger partial charge in [-0.3, -0.25) is 0 Å². The standard InChI is InChI=1S/C4H7BrO/c1-4(2-5)3-6-4/h2-3H2,1H3. The average molecular weight is 151 g/mol. The van der Waals surface area contributed by atoms with Crippen LogP contribution in [0.15, 0.2) is 0 Å². The van der Waals surface area contributed by atoms with E-state index in [4.69, 9.17) is 4.74 Å². The van der Waals surface area contributed by atoms with Crippen LogP contribution in [-0.2, 0) is 4.74 Å². The molecule has 0 bridgehead atoms. The lowest BCUT2D eigenvalue weighted by Crippen LogP contribution is -2.03. The first kappa shape index (κ1) is 4.60. The monoisotopic (exact) mass is 150 g/mol. The lowest BCUT2D eigenvalue weighted by Gasteiger charge is -1.90. The maximum atomic E-state index is 5.00. The Balaban J connectivity index is 2.28. The third-order valence-electron chi connectivity index (χ3n) is 0.920. The largest absolute Gasteiger partial charge is 0.369 e. The van der Waals surface area contributed by atoms with Crippen molar-refractivity contribution in [1.29, 1.82) is 0 Å². The van der Waals surface area contributed by atoms with Gasteiger partial charge in [-0.2, -0.15) is 0 Å². The maximum absolute atomic E-state index is 5.00. The van der Waals surface area contributed by atoms with Crippen LogP contribution >= 0.6 is 15.9 Å². The van der Waals surface area contributed by atoms with Crippen molar-refractivity contribution in [1.82, 2.24) is 0 Å². The Labute approximate surface area is 45.8 Å². The van der Waals surface area contributed by atoms with Gasteiger partial charge >= 0.3 is 0 Å². The topological polar surface area (TPSA) is 12.5 Å².